The molecule has 1 aromatic heterocycles. The molecule has 0 radical (unpaired) electrons. The van der Waals surface area contributed by atoms with Crippen molar-refractivity contribution in [2.45, 2.75) is 0 Å². The van der Waals surface area contributed by atoms with Gasteiger partial charge in [-0.1, -0.05) is 19.2 Å². The van der Waals surface area contributed by atoms with Crippen LogP contribution in [-0.2, 0) is 4.74 Å². The first kappa shape index (κ1) is 9.98. The predicted octanol–water partition coefficient (Wildman–Crippen LogP) is 2.30. The Morgan fingerprint density at radius 3 is 2.86 bits per heavy atom. The van der Waals surface area contributed by atoms with E-state index in [1.165, 1.54) is 18.3 Å². The number of carbonyl (C=O) groups is 1. The van der Waals surface area contributed by atoms with Gasteiger partial charge in [0, 0.05) is 12.3 Å². The first-order valence-corrected chi connectivity index (χ1v) is 3.84. The second-order valence-electron chi connectivity index (χ2n) is 2.29. The van der Waals surface area contributed by atoms with E-state index in [0.29, 0.717) is 0 Å². The first-order chi connectivity index (χ1) is 6.72. The summed E-state index contributed by atoms with van der Waals surface area (Å²) in [5.74, 6) is 0.306. The molecule has 4 nitrogen and oxygen atoms in total. The summed E-state index contributed by atoms with van der Waals surface area (Å²) in [5.41, 5.74) is 0. The second-order valence-corrected chi connectivity index (χ2v) is 2.29. The molecule has 0 aromatic carbocycles. The van der Waals surface area contributed by atoms with E-state index in [4.69, 9.17) is 4.74 Å². The van der Waals surface area contributed by atoms with Gasteiger partial charge in [0.1, 0.15) is 5.76 Å². The lowest BCUT2D eigenvalue weighted by Crippen LogP contribution is -2.09. The number of hydrogen-bond acceptors (Lipinski definition) is 4. The van der Waals surface area contributed by atoms with E-state index >= 15 is 0 Å². The fourth-order valence-electron chi connectivity index (χ4n) is 0.662. The van der Waals surface area contributed by atoms with Gasteiger partial charge in [-0.25, -0.2) is 9.78 Å². The normalized spacial score (nSPS) is 8.86. The molecule has 0 aliphatic heterocycles. The third-order valence-corrected chi connectivity index (χ3v) is 1.27. The van der Waals surface area contributed by atoms with Gasteiger partial charge in [0.05, 0.1) is 0 Å². The van der Waals surface area contributed by atoms with Crippen molar-refractivity contribution in [1.29, 1.82) is 0 Å². The molecule has 0 aliphatic carbocycles. The molecule has 0 amide bonds. The number of pyridine rings is 1. The zero-order chi connectivity index (χ0) is 10.4. The molecule has 0 N–H and O–H groups in total. The SMILES string of the molecule is C=CC(=C)OC(=O)Oc1ccccn1. The number of hydrogen-bond donors (Lipinski definition) is 0. The zero-order valence-corrected chi connectivity index (χ0v) is 7.47. The van der Waals surface area contributed by atoms with Crippen LogP contribution >= 0.6 is 0 Å². The Hall–Kier alpha value is -2.10. The average Bonchev–Trinajstić information content (AvgIpc) is 2.19. The lowest BCUT2D eigenvalue weighted by Gasteiger charge is -2.02. The Morgan fingerprint density at radius 1 is 1.50 bits per heavy atom. The van der Waals surface area contributed by atoms with Crippen LogP contribution in [0.4, 0.5) is 4.79 Å². The molecule has 0 saturated carbocycles. The van der Waals surface area contributed by atoms with Crippen LogP contribution in [0.1, 0.15) is 0 Å². The number of ether oxygens (including phenoxy) is 2. The van der Waals surface area contributed by atoms with Crippen molar-refractivity contribution in [3.63, 3.8) is 0 Å². The number of aromatic nitrogens is 1. The fraction of sp³-hybridized carbons (Fsp3) is 0. The third-order valence-electron chi connectivity index (χ3n) is 1.27. The number of nitrogens with zero attached hydrogens (tertiary/aromatic N) is 1. The summed E-state index contributed by atoms with van der Waals surface area (Å²) in [7, 11) is 0. The monoisotopic (exact) mass is 191 g/mol. The van der Waals surface area contributed by atoms with Crippen molar-refractivity contribution >= 4 is 6.16 Å². The number of carbonyl (C=O) groups excluding carboxylic acids is 1. The molecular formula is C10H9NO3. The van der Waals surface area contributed by atoms with Crippen LogP contribution < -0.4 is 4.74 Å². The van der Waals surface area contributed by atoms with Crippen LogP contribution in [-0.4, -0.2) is 11.1 Å². The highest BCUT2D eigenvalue weighted by molar-refractivity contribution is 5.64. The Balaban J connectivity index is 2.50. The van der Waals surface area contributed by atoms with Crippen LogP contribution in [0.25, 0.3) is 0 Å². The lowest BCUT2D eigenvalue weighted by atomic mass is 10.5. The smallest absolute Gasteiger partial charge is 0.395 e. The van der Waals surface area contributed by atoms with Gasteiger partial charge in [0.15, 0.2) is 0 Å². The molecule has 1 heterocycles. The quantitative estimate of drug-likeness (QED) is 0.418. The maximum Gasteiger partial charge on any atom is 0.520 e. The minimum Gasteiger partial charge on any atom is -0.395 e. The standard InChI is InChI=1S/C10H9NO3/c1-3-8(2)13-10(12)14-9-6-4-5-7-11-9/h3-7H,1-2H2. The molecule has 0 aliphatic rings. The fourth-order valence-corrected chi connectivity index (χ4v) is 0.662. The van der Waals surface area contributed by atoms with Gasteiger partial charge < -0.3 is 9.47 Å². The van der Waals surface area contributed by atoms with Crippen molar-refractivity contribution < 1.29 is 14.3 Å². The summed E-state index contributed by atoms with van der Waals surface area (Å²) in [5, 5.41) is 0. The second kappa shape index (κ2) is 4.81. The zero-order valence-electron chi connectivity index (χ0n) is 7.47. The van der Waals surface area contributed by atoms with Gasteiger partial charge in [0.2, 0.25) is 5.88 Å². The topological polar surface area (TPSA) is 48.4 Å². The van der Waals surface area contributed by atoms with E-state index in [2.05, 4.69) is 22.9 Å². The highest BCUT2D eigenvalue weighted by Gasteiger charge is 2.06. The van der Waals surface area contributed by atoms with Gasteiger partial charge in [0.25, 0.3) is 0 Å². The molecule has 0 spiro atoms. The molecule has 0 bridgehead atoms. The van der Waals surface area contributed by atoms with Crippen molar-refractivity contribution in [2.24, 2.45) is 0 Å². The van der Waals surface area contributed by atoms with Crippen LogP contribution in [0.15, 0.2) is 49.4 Å². The molecule has 0 saturated heterocycles. The summed E-state index contributed by atoms with van der Waals surface area (Å²) < 4.78 is 9.30. The van der Waals surface area contributed by atoms with Crippen LogP contribution in [0.5, 0.6) is 5.88 Å². The largest absolute Gasteiger partial charge is 0.520 e. The molecule has 1 aromatic rings. The summed E-state index contributed by atoms with van der Waals surface area (Å²) in [6.45, 7) is 6.77. The first-order valence-electron chi connectivity index (χ1n) is 3.84. The number of rotatable bonds is 3. The highest BCUT2D eigenvalue weighted by Crippen LogP contribution is 2.06. The summed E-state index contributed by atoms with van der Waals surface area (Å²) >= 11 is 0. The van der Waals surface area contributed by atoms with Gasteiger partial charge in [-0.3, -0.25) is 0 Å². The molecule has 0 unspecified atom stereocenters. The van der Waals surface area contributed by atoms with E-state index in [1.54, 1.807) is 12.1 Å². The summed E-state index contributed by atoms with van der Waals surface area (Å²) in [6, 6.07) is 4.94. The van der Waals surface area contributed by atoms with E-state index in [0.717, 1.165) is 0 Å². The molecule has 72 valence electrons. The Labute approximate surface area is 81.5 Å². The molecular weight excluding hydrogens is 182 g/mol. The third kappa shape index (κ3) is 3.10. The van der Waals surface area contributed by atoms with Gasteiger partial charge in [-0.2, -0.15) is 0 Å². The van der Waals surface area contributed by atoms with Gasteiger partial charge >= 0.3 is 6.16 Å². The summed E-state index contributed by atoms with van der Waals surface area (Å²) in [6.07, 6.45) is 1.93. The predicted molar refractivity (Wildman–Crippen MR) is 50.7 cm³/mol. The molecule has 0 atom stereocenters. The molecule has 4 heteroatoms. The maximum atomic E-state index is 11.0. The highest BCUT2D eigenvalue weighted by atomic mass is 16.7. The number of allylic oxidation sites excluding steroid dienone is 1. The molecule has 0 fully saturated rings. The van der Waals surface area contributed by atoms with E-state index in [-0.39, 0.29) is 11.6 Å². The minimum absolute atomic E-state index is 0.130. The Bertz CT molecular complexity index is 346. The average molecular weight is 191 g/mol. The van der Waals surface area contributed by atoms with Crippen molar-refractivity contribution in [3.05, 3.63) is 49.4 Å². The summed E-state index contributed by atoms with van der Waals surface area (Å²) in [4.78, 5) is 14.8. The van der Waals surface area contributed by atoms with Crippen LogP contribution in [0.3, 0.4) is 0 Å². The molecule has 14 heavy (non-hydrogen) atoms. The van der Waals surface area contributed by atoms with E-state index in [9.17, 15) is 4.79 Å². The lowest BCUT2D eigenvalue weighted by molar-refractivity contribution is 0.128. The van der Waals surface area contributed by atoms with Crippen molar-refractivity contribution in [2.75, 3.05) is 0 Å². The maximum absolute atomic E-state index is 11.0. The molecule has 1 rings (SSSR count). The Kier molecular flexibility index (Phi) is 3.43. The Morgan fingerprint density at radius 2 is 2.29 bits per heavy atom. The van der Waals surface area contributed by atoms with Crippen LogP contribution in [0, 0.1) is 0 Å². The van der Waals surface area contributed by atoms with Gasteiger partial charge in [-0.05, 0) is 12.1 Å². The van der Waals surface area contributed by atoms with Crippen molar-refractivity contribution in [1.82, 2.24) is 4.98 Å². The van der Waals surface area contributed by atoms with E-state index in [1.807, 2.05) is 0 Å². The van der Waals surface area contributed by atoms with Gasteiger partial charge in [-0.15, -0.1) is 0 Å². The van der Waals surface area contributed by atoms with E-state index < -0.39 is 6.16 Å². The van der Waals surface area contributed by atoms with Crippen molar-refractivity contribution in [3.8, 4) is 5.88 Å². The van der Waals surface area contributed by atoms with Crippen LogP contribution in [0.2, 0.25) is 0 Å². The minimum atomic E-state index is -0.881.